The summed E-state index contributed by atoms with van der Waals surface area (Å²) < 4.78 is 4.97. The van der Waals surface area contributed by atoms with Crippen LogP contribution < -0.4 is 10.9 Å². The summed E-state index contributed by atoms with van der Waals surface area (Å²) in [5.41, 5.74) is 1.95. The van der Waals surface area contributed by atoms with Crippen LogP contribution in [-0.2, 0) is 20.7 Å². The van der Waals surface area contributed by atoms with Gasteiger partial charge in [-0.15, -0.1) is 0 Å². The summed E-state index contributed by atoms with van der Waals surface area (Å²) in [5.74, 6) is -1.03. The number of amides is 1. The van der Waals surface area contributed by atoms with Gasteiger partial charge in [0, 0.05) is 22.8 Å². The number of hydrogen-bond acceptors (Lipinski definition) is 5. The lowest BCUT2D eigenvalue weighted by atomic mass is 9.99. The van der Waals surface area contributed by atoms with Crippen molar-refractivity contribution < 1.29 is 14.3 Å². The average Bonchev–Trinajstić information content (AvgIpc) is 2.60. The minimum absolute atomic E-state index is 0.0169. The Morgan fingerprint density at radius 1 is 1.33 bits per heavy atom. The number of hydrogen-bond donors (Lipinski definition) is 2. The molecule has 0 fully saturated rings. The monoisotopic (exact) mass is 387 g/mol. The largest absolute Gasteiger partial charge is 0.456 e. The Labute approximate surface area is 160 Å². The van der Waals surface area contributed by atoms with Crippen molar-refractivity contribution in [3.05, 3.63) is 62.0 Å². The summed E-state index contributed by atoms with van der Waals surface area (Å²) in [5, 5.41) is 12.1. The maximum atomic E-state index is 11.9. The molecule has 0 radical (unpaired) electrons. The molecule has 0 aliphatic rings. The number of nitriles is 1. The van der Waals surface area contributed by atoms with E-state index in [9.17, 15) is 14.4 Å². The predicted molar refractivity (Wildman–Crippen MR) is 101 cm³/mol. The van der Waals surface area contributed by atoms with E-state index in [2.05, 4.69) is 10.3 Å². The van der Waals surface area contributed by atoms with Gasteiger partial charge in [-0.1, -0.05) is 17.7 Å². The third-order valence-corrected chi connectivity index (χ3v) is 4.21. The molecule has 8 heteroatoms. The lowest BCUT2D eigenvalue weighted by molar-refractivity contribution is -0.147. The lowest BCUT2D eigenvalue weighted by Gasteiger charge is -2.11. The lowest BCUT2D eigenvalue weighted by Crippen LogP contribution is -2.21. The number of esters is 1. The number of aromatic amines is 1. The summed E-state index contributed by atoms with van der Waals surface area (Å²) in [6.45, 7) is 2.95. The molecular formula is C19H18ClN3O4. The van der Waals surface area contributed by atoms with Crippen LogP contribution in [0.25, 0.3) is 0 Å². The van der Waals surface area contributed by atoms with E-state index >= 15 is 0 Å². The van der Waals surface area contributed by atoms with Crippen molar-refractivity contribution in [2.45, 2.75) is 26.7 Å². The molecule has 0 spiro atoms. The normalized spacial score (nSPS) is 10.1. The molecule has 1 heterocycles. The summed E-state index contributed by atoms with van der Waals surface area (Å²) >= 11 is 5.83. The minimum Gasteiger partial charge on any atom is -0.456 e. The van der Waals surface area contributed by atoms with Crippen molar-refractivity contribution in [1.29, 1.82) is 5.26 Å². The number of nitrogens with one attached hydrogen (secondary N) is 2. The quantitative estimate of drug-likeness (QED) is 0.740. The number of anilines is 1. The van der Waals surface area contributed by atoms with E-state index < -0.39 is 24.0 Å². The fraction of sp³-hybridized carbons (Fsp3) is 0.263. The summed E-state index contributed by atoms with van der Waals surface area (Å²) in [7, 11) is 0. The van der Waals surface area contributed by atoms with Gasteiger partial charge in [0.15, 0.2) is 6.61 Å². The van der Waals surface area contributed by atoms with Crippen LogP contribution in [0.5, 0.6) is 0 Å². The number of ether oxygens (including phenoxy) is 1. The number of aromatic nitrogens is 1. The van der Waals surface area contributed by atoms with Gasteiger partial charge in [0.2, 0.25) is 0 Å². The molecule has 1 aromatic carbocycles. The molecule has 7 nitrogen and oxygen atoms in total. The Balaban J connectivity index is 1.89. The van der Waals surface area contributed by atoms with Gasteiger partial charge in [0.05, 0.1) is 0 Å². The van der Waals surface area contributed by atoms with Crippen molar-refractivity contribution in [2.75, 3.05) is 11.9 Å². The van der Waals surface area contributed by atoms with Crippen molar-refractivity contribution >= 4 is 29.2 Å². The molecule has 0 aliphatic heterocycles. The molecular weight excluding hydrogens is 370 g/mol. The third kappa shape index (κ3) is 5.43. The second kappa shape index (κ2) is 9.01. The van der Waals surface area contributed by atoms with Crippen molar-refractivity contribution in [3.63, 3.8) is 0 Å². The minimum atomic E-state index is -0.556. The number of aryl methyl sites for hydroxylation is 1. The molecule has 0 atom stereocenters. The molecule has 0 saturated carbocycles. The predicted octanol–water partition coefficient (Wildman–Crippen LogP) is 2.63. The van der Waals surface area contributed by atoms with E-state index in [-0.39, 0.29) is 18.4 Å². The SMILES string of the molecule is Cc1[nH]c(=O)c(C#N)c(C)c1CCC(=O)OCC(=O)Nc1cccc(Cl)c1. The molecule has 0 bridgehead atoms. The third-order valence-electron chi connectivity index (χ3n) is 3.97. The molecule has 2 rings (SSSR count). The van der Waals surface area contributed by atoms with E-state index in [0.29, 0.717) is 27.5 Å². The Kier molecular flexibility index (Phi) is 6.74. The smallest absolute Gasteiger partial charge is 0.306 e. The molecule has 0 saturated heterocycles. The molecule has 140 valence electrons. The van der Waals surface area contributed by atoms with E-state index in [0.717, 1.165) is 0 Å². The number of halogens is 1. The van der Waals surface area contributed by atoms with Crippen molar-refractivity contribution in [2.24, 2.45) is 0 Å². The molecule has 0 aliphatic carbocycles. The van der Waals surface area contributed by atoms with Gasteiger partial charge in [-0.3, -0.25) is 14.4 Å². The number of benzene rings is 1. The van der Waals surface area contributed by atoms with E-state index in [1.54, 1.807) is 38.1 Å². The second-order valence-electron chi connectivity index (χ2n) is 5.89. The molecule has 0 unspecified atom stereocenters. The van der Waals surface area contributed by atoms with Crippen LogP contribution in [0.1, 0.15) is 28.8 Å². The summed E-state index contributed by atoms with van der Waals surface area (Å²) in [4.78, 5) is 38.0. The van der Waals surface area contributed by atoms with Crippen LogP contribution in [0.3, 0.4) is 0 Å². The Bertz CT molecular complexity index is 976. The number of pyridine rings is 1. The molecule has 2 N–H and O–H groups in total. The first-order valence-electron chi connectivity index (χ1n) is 8.15. The first-order chi connectivity index (χ1) is 12.8. The molecule has 1 amide bonds. The maximum Gasteiger partial charge on any atom is 0.306 e. The van der Waals surface area contributed by atoms with E-state index in [4.69, 9.17) is 21.6 Å². The van der Waals surface area contributed by atoms with Crippen LogP contribution in [0.15, 0.2) is 29.1 Å². The molecule has 2 aromatic rings. The molecule has 1 aromatic heterocycles. The second-order valence-corrected chi connectivity index (χ2v) is 6.33. The van der Waals surface area contributed by atoms with Crippen molar-refractivity contribution in [3.8, 4) is 6.07 Å². The van der Waals surface area contributed by atoms with Gasteiger partial charge in [-0.05, 0) is 49.6 Å². The number of carbonyl (C=O) groups is 2. The summed E-state index contributed by atoms with van der Waals surface area (Å²) in [6, 6.07) is 8.47. The standard InChI is InChI=1S/C19H18ClN3O4/c1-11-15(12(2)22-19(26)16(11)9-21)6-7-18(25)27-10-17(24)23-14-5-3-4-13(20)8-14/h3-5,8H,6-7,10H2,1-2H3,(H,22,26)(H,23,24). The topological polar surface area (TPSA) is 112 Å². The van der Waals surface area contributed by atoms with Crippen LogP contribution >= 0.6 is 11.6 Å². The van der Waals surface area contributed by atoms with Gasteiger partial charge >= 0.3 is 5.97 Å². The highest BCUT2D eigenvalue weighted by Gasteiger charge is 2.14. The zero-order valence-corrected chi connectivity index (χ0v) is 15.6. The van der Waals surface area contributed by atoms with Crippen LogP contribution in [-0.4, -0.2) is 23.5 Å². The maximum absolute atomic E-state index is 11.9. The average molecular weight is 388 g/mol. The van der Waals surface area contributed by atoms with E-state index in [1.807, 2.05) is 6.07 Å². The number of rotatable bonds is 6. The van der Waals surface area contributed by atoms with Gasteiger partial charge in [-0.25, -0.2) is 0 Å². The zero-order valence-electron chi connectivity index (χ0n) is 14.9. The highest BCUT2D eigenvalue weighted by atomic mass is 35.5. The first kappa shape index (κ1) is 20.2. The highest BCUT2D eigenvalue weighted by Crippen LogP contribution is 2.16. The molecule has 27 heavy (non-hydrogen) atoms. The van der Waals surface area contributed by atoms with Crippen LogP contribution in [0.4, 0.5) is 5.69 Å². The van der Waals surface area contributed by atoms with Crippen LogP contribution in [0.2, 0.25) is 5.02 Å². The fourth-order valence-electron chi connectivity index (χ4n) is 2.63. The zero-order chi connectivity index (χ0) is 20.0. The Hall–Kier alpha value is -3.11. The van der Waals surface area contributed by atoms with Gasteiger partial charge < -0.3 is 15.0 Å². The first-order valence-corrected chi connectivity index (χ1v) is 8.53. The highest BCUT2D eigenvalue weighted by molar-refractivity contribution is 6.30. The Morgan fingerprint density at radius 2 is 2.07 bits per heavy atom. The van der Waals surface area contributed by atoms with Crippen molar-refractivity contribution in [1.82, 2.24) is 4.98 Å². The van der Waals surface area contributed by atoms with Gasteiger partial charge in [0.1, 0.15) is 11.6 Å². The summed E-state index contributed by atoms with van der Waals surface area (Å²) in [6.07, 6.45) is 0.306. The number of carbonyl (C=O) groups excluding carboxylic acids is 2. The van der Waals surface area contributed by atoms with Crippen LogP contribution in [0, 0.1) is 25.2 Å². The van der Waals surface area contributed by atoms with Gasteiger partial charge in [0.25, 0.3) is 11.5 Å². The number of nitrogens with zero attached hydrogens (tertiary/aromatic N) is 1. The Morgan fingerprint density at radius 3 is 2.74 bits per heavy atom. The van der Waals surface area contributed by atoms with E-state index in [1.165, 1.54) is 0 Å². The van der Waals surface area contributed by atoms with Gasteiger partial charge in [-0.2, -0.15) is 5.26 Å². The fourth-order valence-corrected chi connectivity index (χ4v) is 2.82. The number of H-pyrrole nitrogens is 1.